The molecule has 0 unspecified atom stereocenters. The summed E-state index contributed by atoms with van der Waals surface area (Å²) < 4.78 is 7.03. The van der Waals surface area contributed by atoms with E-state index in [-0.39, 0.29) is 17.6 Å². The Morgan fingerprint density at radius 1 is 1.15 bits per heavy atom. The molecule has 0 spiro atoms. The monoisotopic (exact) mass is 507 g/mol. The van der Waals surface area contributed by atoms with Gasteiger partial charge < -0.3 is 19.9 Å². The molecule has 2 aromatic carbocycles. The quantitative estimate of drug-likeness (QED) is 0.402. The molecule has 0 saturated heterocycles. The number of aromatic nitrogens is 3. The Morgan fingerprint density at radius 2 is 1.94 bits per heavy atom. The van der Waals surface area contributed by atoms with Crippen LogP contribution in [0.15, 0.2) is 47.6 Å². The zero-order chi connectivity index (χ0) is 24.0. The summed E-state index contributed by atoms with van der Waals surface area (Å²) >= 11 is 13.2. The lowest BCUT2D eigenvalue weighted by molar-refractivity contribution is -0.113. The topological polar surface area (TPSA) is 98.1 Å². The Kier molecular flexibility index (Phi) is 8.60. The molecule has 8 nitrogen and oxygen atoms in total. The van der Waals surface area contributed by atoms with Gasteiger partial charge in [-0.15, -0.1) is 10.2 Å². The molecule has 0 saturated carbocycles. The van der Waals surface area contributed by atoms with E-state index in [1.54, 1.807) is 43.5 Å². The van der Waals surface area contributed by atoms with Gasteiger partial charge in [0.1, 0.15) is 5.75 Å². The maximum atomic E-state index is 12.6. The number of amides is 2. The smallest absolute Gasteiger partial charge is 0.251 e. The summed E-state index contributed by atoms with van der Waals surface area (Å²) in [5, 5.41) is 15.4. The van der Waals surface area contributed by atoms with Crippen LogP contribution in [0.2, 0.25) is 10.0 Å². The number of nitrogens with zero attached hydrogens (tertiary/aromatic N) is 3. The lowest BCUT2D eigenvalue weighted by Crippen LogP contribution is -2.28. The molecule has 0 aliphatic rings. The normalized spacial score (nSPS) is 11.7. The molecule has 0 aliphatic carbocycles. The van der Waals surface area contributed by atoms with Gasteiger partial charge in [0.05, 0.1) is 28.9 Å². The molecule has 11 heteroatoms. The number of thioether (sulfide) groups is 1. The fraction of sp³-hybridized carbons (Fsp3) is 0.273. The first-order valence-corrected chi connectivity index (χ1v) is 11.8. The molecule has 2 amide bonds. The van der Waals surface area contributed by atoms with Gasteiger partial charge in [-0.25, -0.2) is 0 Å². The van der Waals surface area contributed by atoms with Crippen LogP contribution in [0.5, 0.6) is 5.75 Å². The fourth-order valence-corrected chi connectivity index (χ4v) is 4.14. The Morgan fingerprint density at radius 3 is 2.64 bits per heavy atom. The van der Waals surface area contributed by atoms with E-state index in [1.165, 1.54) is 17.8 Å². The van der Waals surface area contributed by atoms with Crippen molar-refractivity contribution in [2.75, 3.05) is 18.2 Å². The number of carbonyl (C=O) groups excluding carboxylic acids is 2. The molecule has 0 bridgehead atoms. The van der Waals surface area contributed by atoms with Crippen molar-refractivity contribution in [1.82, 2.24) is 20.1 Å². The van der Waals surface area contributed by atoms with Crippen molar-refractivity contribution in [1.29, 1.82) is 0 Å². The molecule has 1 atom stereocenters. The number of halogens is 2. The van der Waals surface area contributed by atoms with Gasteiger partial charge in [0, 0.05) is 23.9 Å². The second-order valence-corrected chi connectivity index (χ2v) is 8.73. The van der Waals surface area contributed by atoms with Gasteiger partial charge in [0.15, 0.2) is 11.0 Å². The zero-order valence-corrected chi connectivity index (χ0v) is 20.6. The molecule has 0 fully saturated rings. The largest absolute Gasteiger partial charge is 0.497 e. The second-order valence-electron chi connectivity index (χ2n) is 6.98. The third kappa shape index (κ3) is 6.40. The number of methoxy groups -OCH3 is 1. The average molecular weight is 508 g/mol. The van der Waals surface area contributed by atoms with Crippen molar-refractivity contribution in [3.05, 3.63) is 63.9 Å². The van der Waals surface area contributed by atoms with Crippen LogP contribution in [-0.4, -0.2) is 39.4 Å². The molecule has 3 rings (SSSR count). The first-order chi connectivity index (χ1) is 15.8. The summed E-state index contributed by atoms with van der Waals surface area (Å²) in [6.45, 7) is 4.34. The lowest BCUT2D eigenvalue weighted by Gasteiger charge is -2.15. The summed E-state index contributed by atoms with van der Waals surface area (Å²) in [7, 11) is 1.57. The van der Waals surface area contributed by atoms with Gasteiger partial charge in [0.25, 0.3) is 5.91 Å². The molecular formula is C22H23Cl2N5O3S. The van der Waals surface area contributed by atoms with Gasteiger partial charge in [-0.1, -0.05) is 41.0 Å². The molecular weight excluding hydrogens is 485 g/mol. The molecule has 1 heterocycles. The Balaban J connectivity index is 1.63. The summed E-state index contributed by atoms with van der Waals surface area (Å²) in [6.07, 6.45) is 0. The van der Waals surface area contributed by atoms with Gasteiger partial charge in [-0.3, -0.25) is 9.59 Å². The van der Waals surface area contributed by atoms with E-state index in [2.05, 4.69) is 20.8 Å². The maximum Gasteiger partial charge on any atom is 0.251 e. The number of hydrogen-bond donors (Lipinski definition) is 2. The van der Waals surface area contributed by atoms with Crippen molar-refractivity contribution in [3.63, 3.8) is 0 Å². The van der Waals surface area contributed by atoms with Gasteiger partial charge in [0.2, 0.25) is 5.91 Å². The van der Waals surface area contributed by atoms with Crippen molar-refractivity contribution >= 4 is 52.5 Å². The molecule has 2 N–H and O–H groups in total. The van der Waals surface area contributed by atoms with E-state index in [0.29, 0.717) is 44.6 Å². The molecule has 174 valence electrons. The number of benzene rings is 2. The van der Waals surface area contributed by atoms with E-state index in [9.17, 15) is 9.59 Å². The Labute approximate surface area is 206 Å². The SMILES string of the molecule is CCn1c(SCC(=O)Nc2cccc(OC)c2)nnc1[C@@H](C)NC(=O)c1ccc(Cl)c(Cl)c1. The molecule has 0 aliphatic heterocycles. The van der Waals surface area contributed by atoms with E-state index in [4.69, 9.17) is 27.9 Å². The summed E-state index contributed by atoms with van der Waals surface area (Å²) in [6, 6.07) is 11.4. The highest BCUT2D eigenvalue weighted by Crippen LogP contribution is 2.24. The Hall–Kier alpha value is -2.75. The molecule has 33 heavy (non-hydrogen) atoms. The van der Waals surface area contributed by atoms with Crippen LogP contribution in [0, 0.1) is 0 Å². The third-order valence-electron chi connectivity index (χ3n) is 4.66. The zero-order valence-electron chi connectivity index (χ0n) is 18.3. The first kappa shape index (κ1) is 24.9. The van der Waals surface area contributed by atoms with E-state index in [1.807, 2.05) is 18.4 Å². The highest BCUT2D eigenvalue weighted by molar-refractivity contribution is 7.99. The van der Waals surface area contributed by atoms with Gasteiger partial charge in [-0.05, 0) is 44.2 Å². The van der Waals surface area contributed by atoms with E-state index >= 15 is 0 Å². The number of hydrogen-bond acceptors (Lipinski definition) is 6. The Bertz CT molecular complexity index is 1150. The minimum atomic E-state index is -0.417. The van der Waals surface area contributed by atoms with Crippen molar-refractivity contribution in [2.45, 2.75) is 31.6 Å². The van der Waals surface area contributed by atoms with Crippen molar-refractivity contribution in [3.8, 4) is 5.75 Å². The lowest BCUT2D eigenvalue weighted by atomic mass is 10.2. The number of ether oxygens (including phenoxy) is 1. The van der Waals surface area contributed by atoms with Crippen molar-refractivity contribution in [2.24, 2.45) is 0 Å². The van der Waals surface area contributed by atoms with Crippen LogP contribution in [-0.2, 0) is 11.3 Å². The van der Waals surface area contributed by atoms with Crippen LogP contribution in [0.25, 0.3) is 0 Å². The summed E-state index contributed by atoms with van der Waals surface area (Å²) in [4.78, 5) is 25.0. The van der Waals surface area contributed by atoms with Gasteiger partial charge in [-0.2, -0.15) is 0 Å². The molecule has 0 radical (unpaired) electrons. The highest BCUT2D eigenvalue weighted by Gasteiger charge is 2.20. The highest BCUT2D eigenvalue weighted by atomic mass is 35.5. The maximum absolute atomic E-state index is 12.6. The van der Waals surface area contributed by atoms with Crippen LogP contribution in [0.4, 0.5) is 5.69 Å². The first-order valence-electron chi connectivity index (χ1n) is 10.1. The minimum absolute atomic E-state index is 0.152. The minimum Gasteiger partial charge on any atom is -0.497 e. The van der Waals surface area contributed by atoms with Crippen LogP contribution < -0.4 is 15.4 Å². The number of nitrogens with one attached hydrogen (secondary N) is 2. The number of anilines is 1. The van der Waals surface area contributed by atoms with E-state index in [0.717, 1.165) is 0 Å². The van der Waals surface area contributed by atoms with Gasteiger partial charge >= 0.3 is 0 Å². The predicted molar refractivity (Wildman–Crippen MR) is 130 cm³/mol. The van der Waals surface area contributed by atoms with Crippen LogP contribution in [0.3, 0.4) is 0 Å². The molecule has 3 aromatic rings. The third-order valence-corrected chi connectivity index (χ3v) is 6.37. The van der Waals surface area contributed by atoms with Crippen LogP contribution >= 0.6 is 35.0 Å². The predicted octanol–water partition coefficient (Wildman–Crippen LogP) is 4.84. The number of rotatable bonds is 9. The van der Waals surface area contributed by atoms with Crippen LogP contribution in [0.1, 0.15) is 36.1 Å². The second kappa shape index (κ2) is 11.4. The number of carbonyl (C=O) groups is 2. The molecule has 1 aromatic heterocycles. The van der Waals surface area contributed by atoms with E-state index < -0.39 is 6.04 Å². The summed E-state index contributed by atoms with van der Waals surface area (Å²) in [5.41, 5.74) is 1.04. The summed E-state index contributed by atoms with van der Waals surface area (Å²) in [5.74, 6) is 0.911. The fourth-order valence-electron chi connectivity index (χ4n) is 3.03. The average Bonchev–Trinajstić information content (AvgIpc) is 3.22. The standard InChI is InChI=1S/C22H23Cl2N5O3S/c1-4-29-20(13(2)25-21(31)14-8-9-17(23)18(24)10-14)27-28-22(29)33-12-19(30)26-15-6-5-7-16(11-15)32-3/h5-11,13H,4,12H2,1-3H3,(H,25,31)(H,26,30)/t13-/m1/s1. The van der Waals surface area contributed by atoms with Crippen molar-refractivity contribution < 1.29 is 14.3 Å².